The van der Waals surface area contributed by atoms with Gasteiger partial charge in [-0.1, -0.05) is 0 Å². The first-order valence-electron chi connectivity index (χ1n) is 8.73. The number of aromatic nitrogens is 4. The van der Waals surface area contributed by atoms with Crippen LogP contribution in [-0.4, -0.2) is 76.7 Å². The Morgan fingerprint density at radius 2 is 1.73 bits per heavy atom. The molecule has 18 nitrogen and oxygen atoms in total. The molecule has 2 unspecified atom stereocenters. The molecule has 33 heavy (non-hydrogen) atoms. The maximum atomic E-state index is 12.0. The minimum absolute atomic E-state index is 0.0424. The van der Waals surface area contributed by atoms with Crippen LogP contribution in [0.4, 0.5) is 5.82 Å². The fraction of sp³-hybridized carbons (Fsp3) is 0.583. The minimum atomic E-state index is -5.28. The van der Waals surface area contributed by atoms with Gasteiger partial charge in [0.25, 0.3) is 0 Å². The summed E-state index contributed by atoms with van der Waals surface area (Å²) in [5.41, 5.74) is 5.68. The molecule has 0 aliphatic carbocycles. The quantitative estimate of drug-likeness (QED) is 0.178. The molecule has 0 fully saturated rings. The summed E-state index contributed by atoms with van der Waals surface area (Å²) >= 11 is 0. The zero-order valence-electron chi connectivity index (χ0n) is 17.0. The molecule has 21 heteroatoms. The number of nitrogen functional groups attached to an aromatic ring is 1. The van der Waals surface area contributed by atoms with Gasteiger partial charge in [-0.25, -0.2) is 28.6 Å². The molecule has 2 aromatic heterocycles. The third-order valence-electron chi connectivity index (χ3n) is 3.79. The van der Waals surface area contributed by atoms with Gasteiger partial charge < -0.3 is 35.2 Å². The zero-order chi connectivity index (χ0) is 25.0. The van der Waals surface area contributed by atoms with E-state index in [0.717, 1.165) is 24.3 Å². The molecule has 0 aliphatic rings. The Morgan fingerprint density at radius 1 is 1.09 bits per heavy atom. The van der Waals surface area contributed by atoms with Gasteiger partial charge in [-0.15, -0.1) is 0 Å². The lowest BCUT2D eigenvalue weighted by Crippen LogP contribution is -2.40. The number of phosphoric acid groups is 3. The van der Waals surface area contributed by atoms with Crippen molar-refractivity contribution in [2.45, 2.75) is 25.4 Å². The lowest BCUT2D eigenvalue weighted by atomic mass is 10.2. The van der Waals surface area contributed by atoms with E-state index in [4.69, 9.17) is 10.5 Å². The molecule has 188 valence electrons. The van der Waals surface area contributed by atoms with Gasteiger partial charge in [-0.05, 0) is 6.92 Å². The monoisotopic (exact) mass is 537 g/mol. The maximum absolute atomic E-state index is 12.0. The van der Waals surface area contributed by atoms with Crippen molar-refractivity contribution < 1.29 is 61.0 Å². The highest BCUT2D eigenvalue weighted by Crippen LogP contribution is 2.60. The summed E-state index contributed by atoms with van der Waals surface area (Å²) in [5.74, 6) is -0.0499. The van der Waals surface area contributed by atoms with Crippen molar-refractivity contribution in [2.24, 2.45) is 0 Å². The Morgan fingerprint density at radius 3 is 2.30 bits per heavy atom. The highest BCUT2D eigenvalue weighted by Gasteiger charge is 2.41. The molecule has 0 amide bonds. The molecule has 7 N–H and O–H groups in total. The molecule has 5 atom stereocenters. The van der Waals surface area contributed by atoms with E-state index in [1.165, 1.54) is 6.92 Å². The van der Waals surface area contributed by atoms with E-state index in [2.05, 4.69) is 32.8 Å². The summed E-state index contributed by atoms with van der Waals surface area (Å²) in [6.45, 7) is -0.0201. The molecule has 0 aliphatic heterocycles. The summed E-state index contributed by atoms with van der Waals surface area (Å²) in [5, 5.41) is 10.8. The molecule has 0 spiro atoms. The number of rotatable bonds is 13. The average Bonchev–Trinajstić information content (AvgIpc) is 3.10. The van der Waals surface area contributed by atoms with E-state index in [1.807, 2.05) is 0 Å². The van der Waals surface area contributed by atoms with Crippen LogP contribution in [-0.2, 0) is 36.3 Å². The maximum Gasteiger partial charge on any atom is 0.481 e. The third kappa shape index (κ3) is 7.83. The number of phosphoric ester groups is 3. The number of fused-ring (bicyclic) bond motifs is 1. The van der Waals surface area contributed by atoms with E-state index in [-0.39, 0.29) is 23.6 Å². The Bertz CT molecular complexity index is 1090. The van der Waals surface area contributed by atoms with E-state index in [9.17, 15) is 38.4 Å². The highest BCUT2D eigenvalue weighted by atomic mass is 31.3. The molecule has 0 saturated heterocycles. The summed E-state index contributed by atoms with van der Waals surface area (Å²) in [7, 11) is -14.5. The van der Waals surface area contributed by atoms with Crippen molar-refractivity contribution in [2.75, 3.05) is 26.1 Å². The second-order valence-electron chi connectivity index (χ2n) is 6.06. The second kappa shape index (κ2) is 10.9. The number of ether oxygens (including phenoxy) is 1. The summed E-state index contributed by atoms with van der Waals surface area (Å²) in [4.78, 5) is 49.0. The van der Waals surface area contributed by atoms with E-state index in [1.54, 1.807) is 0 Å². The van der Waals surface area contributed by atoms with Gasteiger partial charge in [-0.3, -0.25) is 18.1 Å². The van der Waals surface area contributed by atoms with E-state index >= 15 is 0 Å². The Kier molecular flexibility index (Phi) is 9.23. The number of aliphatic hydroxyl groups is 1. The van der Waals surface area contributed by atoms with E-state index in [0.29, 0.717) is 0 Å². The van der Waals surface area contributed by atoms with Crippen LogP contribution in [0, 0.1) is 0 Å². The number of imidazole rings is 1. The van der Waals surface area contributed by atoms with Gasteiger partial charge in [0.05, 0.1) is 19.5 Å². The Hall–Kier alpha value is -1.36. The molecule has 0 radical (unpaired) electrons. The van der Waals surface area contributed by atoms with E-state index < -0.39 is 48.5 Å². The van der Waals surface area contributed by atoms with Crippen LogP contribution in [0.3, 0.4) is 0 Å². The van der Waals surface area contributed by atoms with Gasteiger partial charge in [0.1, 0.15) is 24.1 Å². The Balaban J connectivity index is 2.30. The van der Waals surface area contributed by atoms with Crippen molar-refractivity contribution in [1.29, 1.82) is 0 Å². The minimum Gasteiger partial charge on any atom is -0.382 e. The Labute approximate surface area is 185 Å². The standard InChI is InChI=1S/C12H22N5O13P3/c1-3-27-32(22,23)30-33(24,25)28-4-7(26-2)9(29-31(19,20)21)12(18)17-6-16-8-10(13)14-5-15-11(8)17/h5-7,9,12,18H,3-4H2,1-2H3,(H,22,23)(H,24,25)(H2,13,14,15)(H2,19,20,21)/t7-,9-,12-/m1/s1. The second-order valence-corrected chi connectivity index (χ2v) is 10.3. The van der Waals surface area contributed by atoms with Crippen molar-refractivity contribution in [3.8, 4) is 0 Å². The van der Waals surface area contributed by atoms with Gasteiger partial charge in [0.15, 0.2) is 17.7 Å². The topological polar surface area (TPSA) is 268 Å². The van der Waals surface area contributed by atoms with Crippen molar-refractivity contribution in [1.82, 2.24) is 19.5 Å². The number of hydrogen-bond acceptors (Lipinski definition) is 13. The number of aliphatic hydroxyl groups excluding tert-OH is 1. The van der Waals surface area contributed by atoms with Crippen LogP contribution in [0.25, 0.3) is 11.2 Å². The summed E-state index contributed by atoms with van der Waals surface area (Å²) < 4.78 is 58.5. The third-order valence-corrected chi connectivity index (χ3v) is 7.02. The first-order chi connectivity index (χ1) is 15.2. The van der Waals surface area contributed by atoms with Gasteiger partial charge >= 0.3 is 23.5 Å². The van der Waals surface area contributed by atoms with Crippen LogP contribution in [0.5, 0.6) is 0 Å². The molecule has 2 aromatic rings. The van der Waals surface area contributed by atoms with Crippen molar-refractivity contribution in [3.63, 3.8) is 0 Å². The number of anilines is 1. The van der Waals surface area contributed by atoms with Crippen LogP contribution in [0.1, 0.15) is 13.2 Å². The first kappa shape index (κ1) is 27.9. The largest absolute Gasteiger partial charge is 0.481 e. The van der Waals surface area contributed by atoms with Crippen LogP contribution < -0.4 is 5.73 Å². The fourth-order valence-corrected chi connectivity index (χ4v) is 5.14. The van der Waals surface area contributed by atoms with Crippen LogP contribution in [0.2, 0.25) is 0 Å². The number of nitrogens with zero attached hydrogens (tertiary/aromatic N) is 4. The van der Waals surface area contributed by atoms with Crippen molar-refractivity contribution in [3.05, 3.63) is 12.7 Å². The predicted octanol–water partition coefficient (Wildman–Crippen LogP) is -0.337. The first-order valence-corrected chi connectivity index (χ1v) is 13.3. The van der Waals surface area contributed by atoms with Gasteiger partial charge in [0, 0.05) is 7.11 Å². The number of methoxy groups -OCH3 is 1. The molecular formula is C12H22N5O13P3. The molecule has 0 aromatic carbocycles. The average molecular weight is 537 g/mol. The summed E-state index contributed by atoms with van der Waals surface area (Å²) in [6, 6.07) is 0. The van der Waals surface area contributed by atoms with Gasteiger partial charge in [-0.2, -0.15) is 4.31 Å². The number of hydrogen-bond donors (Lipinski definition) is 6. The molecule has 0 bridgehead atoms. The lowest BCUT2D eigenvalue weighted by Gasteiger charge is -2.30. The predicted molar refractivity (Wildman–Crippen MR) is 107 cm³/mol. The van der Waals surface area contributed by atoms with Crippen LogP contribution >= 0.6 is 23.5 Å². The zero-order valence-corrected chi connectivity index (χ0v) is 19.7. The lowest BCUT2D eigenvalue weighted by molar-refractivity contribution is -0.110. The van der Waals surface area contributed by atoms with Crippen molar-refractivity contribution >= 4 is 40.4 Å². The molecule has 2 rings (SSSR count). The van der Waals surface area contributed by atoms with Crippen LogP contribution in [0.15, 0.2) is 12.7 Å². The summed E-state index contributed by atoms with van der Waals surface area (Å²) in [6.07, 6.45) is -3.51. The number of nitrogens with two attached hydrogens (primary N) is 1. The molecule has 0 saturated carbocycles. The molecular weight excluding hydrogens is 515 g/mol. The SMILES string of the molecule is CCOP(=O)(O)OP(=O)(O)OC[C@@H](OC)[C@@H](OP(=O)(O)O)[C@@H](O)n1cnc2c(N)ncnc21. The van der Waals surface area contributed by atoms with Gasteiger partial charge in [0.2, 0.25) is 0 Å². The smallest absolute Gasteiger partial charge is 0.382 e. The normalized spacial score (nSPS) is 19.0. The highest BCUT2D eigenvalue weighted by molar-refractivity contribution is 7.61. The molecule has 2 heterocycles. The fourth-order valence-electron chi connectivity index (χ4n) is 2.50.